The lowest BCUT2D eigenvalue weighted by atomic mass is 10.2. The Morgan fingerprint density at radius 3 is 2.95 bits per heavy atom. The molecular formula is C26H26ClN7O3. The number of aromatic nitrogens is 4. The summed E-state index contributed by atoms with van der Waals surface area (Å²) in [6.45, 7) is 6.91. The molecule has 4 aromatic rings. The van der Waals surface area contributed by atoms with Crippen LogP contribution in [0.5, 0.6) is 5.75 Å². The number of hydrogen-bond acceptors (Lipinski definition) is 9. The first-order valence-electron chi connectivity index (χ1n) is 11.8. The molecule has 1 saturated heterocycles. The van der Waals surface area contributed by atoms with Crippen molar-refractivity contribution in [2.75, 3.05) is 30.4 Å². The van der Waals surface area contributed by atoms with Gasteiger partial charge in [-0.2, -0.15) is 0 Å². The van der Waals surface area contributed by atoms with Gasteiger partial charge in [0.05, 0.1) is 16.7 Å². The zero-order chi connectivity index (χ0) is 25.9. The van der Waals surface area contributed by atoms with Crippen LogP contribution in [0.1, 0.15) is 18.1 Å². The number of rotatable bonds is 8. The summed E-state index contributed by atoms with van der Waals surface area (Å²) >= 11 is 6.47. The van der Waals surface area contributed by atoms with Gasteiger partial charge in [-0.05, 0) is 42.8 Å². The third-order valence-electron chi connectivity index (χ3n) is 6.26. The Morgan fingerprint density at radius 1 is 1.32 bits per heavy atom. The van der Waals surface area contributed by atoms with Gasteiger partial charge in [0.1, 0.15) is 30.0 Å². The van der Waals surface area contributed by atoms with Crippen LogP contribution in [-0.2, 0) is 11.4 Å². The van der Waals surface area contributed by atoms with E-state index in [-0.39, 0.29) is 18.6 Å². The Hall–Kier alpha value is -4.18. The lowest BCUT2D eigenvalue weighted by molar-refractivity contribution is -0.125. The zero-order valence-electron chi connectivity index (χ0n) is 20.5. The number of benzene rings is 1. The van der Waals surface area contributed by atoms with Gasteiger partial charge in [-0.15, -0.1) is 0 Å². The number of aryl methyl sites for hydroxylation is 1. The van der Waals surface area contributed by atoms with Gasteiger partial charge < -0.3 is 24.3 Å². The van der Waals surface area contributed by atoms with Gasteiger partial charge in [0.2, 0.25) is 5.91 Å². The normalized spacial score (nSPS) is 15.1. The summed E-state index contributed by atoms with van der Waals surface area (Å²) in [7, 11) is 1.98. The van der Waals surface area contributed by atoms with Crippen LogP contribution in [0.3, 0.4) is 0 Å². The van der Waals surface area contributed by atoms with Crippen LogP contribution in [-0.4, -0.2) is 56.9 Å². The molecule has 1 fully saturated rings. The summed E-state index contributed by atoms with van der Waals surface area (Å²) in [5, 5.41) is 3.73. The van der Waals surface area contributed by atoms with Crippen molar-refractivity contribution in [3.63, 3.8) is 0 Å². The van der Waals surface area contributed by atoms with E-state index in [9.17, 15) is 4.79 Å². The number of ether oxygens (including phenoxy) is 1. The number of nitrogens with one attached hydrogen (secondary N) is 1. The van der Waals surface area contributed by atoms with E-state index in [1.54, 1.807) is 30.2 Å². The number of carbonyl (C=O) groups is 1. The van der Waals surface area contributed by atoms with Crippen molar-refractivity contribution in [1.29, 1.82) is 0 Å². The number of halogens is 1. The Balaban J connectivity index is 1.33. The van der Waals surface area contributed by atoms with Crippen molar-refractivity contribution in [3.8, 4) is 5.75 Å². The molecular weight excluding hydrogens is 494 g/mol. The molecule has 37 heavy (non-hydrogen) atoms. The number of oxazole rings is 1. The average molecular weight is 520 g/mol. The summed E-state index contributed by atoms with van der Waals surface area (Å²) in [5.74, 6) is 3.00. The molecule has 3 aromatic heterocycles. The molecule has 11 heteroatoms. The second kappa shape index (κ2) is 10.4. The number of likely N-dealkylation sites (tertiary alicyclic amines) is 1. The third-order valence-corrected chi connectivity index (χ3v) is 6.56. The zero-order valence-corrected chi connectivity index (χ0v) is 21.3. The van der Waals surface area contributed by atoms with Crippen LogP contribution in [0.2, 0.25) is 5.02 Å². The van der Waals surface area contributed by atoms with E-state index in [4.69, 9.17) is 25.7 Å². The smallest absolute Gasteiger partial charge is 0.246 e. The molecule has 190 valence electrons. The minimum Gasteiger partial charge on any atom is -0.484 e. The number of anilines is 3. The van der Waals surface area contributed by atoms with Crippen LogP contribution in [0.4, 0.5) is 17.3 Å². The summed E-state index contributed by atoms with van der Waals surface area (Å²) in [6, 6.07) is 9.38. The van der Waals surface area contributed by atoms with E-state index in [2.05, 4.69) is 31.7 Å². The van der Waals surface area contributed by atoms with Crippen molar-refractivity contribution in [2.24, 2.45) is 0 Å². The Labute approximate surface area is 219 Å². The van der Waals surface area contributed by atoms with Crippen LogP contribution < -0.4 is 15.0 Å². The molecule has 1 N–H and O–H groups in total. The highest BCUT2D eigenvalue weighted by Gasteiger charge is 2.28. The van der Waals surface area contributed by atoms with Crippen molar-refractivity contribution < 1.29 is 13.9 Å². The predicted molar refractivity (Wildman–Crippen MR) is 141 cm³/mol. The van der Waals surface area contributed by atoms with E-state index in [0.717, 1.165) is 17.9 Å². The van der Waals surface area contributed by atoms with Crippen LogP contribution in [0, 0.1) is 6.92 Å². The highest BCUT2D eigenvalue weighted by atomic mass is 35.5. The fourth-order valence-corrected chi connectivity index (χ4v) is 4.48. The molecule has 0 bridgehead atoms. The molecule has 4 heterocycles. The SMILES string of the molecule is C=CC(=O)N1CCC(N(C)c2ccc3ncnc(Nc4ccc(OCc5cnc(C)o5)c(Cl)c4)c3n2)C1. The standard InChI is InChI=1S/C26H26ClN7O3/c1-4-24(35)34-10-9-18(13-34)33(3)23-8-6-21-25(32-23)26(30-15-29-21)31-17-5-7-22(20(27)11-17)36-14-19-12-28-16(2)37-19/h4-8,11-12,15,18H,1,9-10,13-14H2,2-3H3,(H,29,30,31). The fraction of sp³-hybridized carbons (Fsp3) is 0.269. The highest BCUT2D eigenvalue weighted by molar-refractivity contribution is 6.32. The molecule has 1 atom stereocenters. The lowest BCUT2D eigenvalue weighted by Gasteiger charge is -2.26. The maximum absolute atomic E-state index is 12.0. The van der Waals surface area contributed by atoms with Crippen molar-refractivity contribution in [1.82, 2.24) is 24.8 Å². The molecule has 0 aliphatic carbocycles. The largest absolute Gasteiger partial charge is 0.484 e. The van der Waals surface area contributed by atoms with Gasteiger partial charge in [-0.1, -0.05) is 18.2 Å². The third kappa shape index (κ3) is 5.34. The Morgan fingerprint density at radius 2 is 2.19 bits per heavy atom. The molecule has 10 nitrogen and oxygen atoms in total. The fourth-order valence-electron chi connectivity index (χ4n) is 4.25. The second-order valence-electron chi connectivity index (χ2n) is 8.71. The number of nitrogens with zero attached hydrogens (tertiary/aromatic N) is 6. The van der Waals surface area contributed by atoms with E-state index < -0.39 is 0 Å². The molecule has 0 spiro atoms. The first-order chi connectivity index (χ1) is 17.9. The van der Waals surface area contributed by atoms with Crippen molar-refractivity contribution in [2.45, 2.75) is 26.0 Å². The second-order valence-corrected chi connectivity index (χ2v) is 9.11. The van der Waals surface area contributed by atoms with Gasteiger partial charge in [-0.3, -0.25) is 4.79 Å². The number of likely N-dealkylation sites (N-methyl/N-ethyl adjacent to an activating group) is 1. The van der Waals surface area contributed by atoms with Gasteiger partial charge in [0.25, 0.3) is 0 Å². The molecule has 5 rings (SSSR count). The summed E-state index contributed by atoms with van der Waals surface area (Å²) in [4.78, 5) is 33.6. The van der Waals surface area contributed by atoms with Gasteiger partial charge in [-0.25, -0.2) is 19.9 Å². The average Bonchev–Trinajstić information content (AvgIpc) is 3.57. The minimum atomic E-state index is -0.0505. The number of pyridine rings is 1. The first-order valence-corrected chi connectivity index (χ1v) is 12.2. The minimum absolute atomic E-state index is 0.0505. The maximum atomic E-state index is 12.0. The summed E-state index contributed by atoms with van der Waals surface area (Å²) < 4.78 is 11.2. The van der Waals surface area contributed by atoms with Crippen molar-refractivity contribution >= 4 is 45.9 Å². The molecule has 1 aliphatic rings. The lowest BCUT2D eigenvalue weighted by Crippen LogP contribution is -2.36. The number of carbonyl (C=O) groups excluding carboxylic acids is 1. The Bertz CT molecular complexity index is 1460. The molecule has 0 saturated carbocycles. The Kier molecular flexibility index (Phi) is 6.91. The van der Waals surface area contributed by atoms with Crippen LogP contribution in [0.25, 0.3) is 11.0 Å². The summed E-state index contributed by atoms with van der Waals surface area (Å²) in [5.41, 5.74) is 2.06. The van der Waals surface area contributed by atoms with Gasteiger partial charge in [0, 0.05) is 38.8 Å². The summed E-state index contributed by atoms with van der Waals surface area (Å²) in [6.07, 6.45) is 5.33. The van der Waals surface area contributed by atoms with E-state index in [1.807, 2.05) is 25.2 Å². The number of amides is 1. The van der Waals surface area contributed by atoms with E-state index >= 15 is 0 Å². The molecule has 1 aliphatic heterocycles. The molecule has 1 unspecified atom stereocenters. The van der Waals surface area contributed by atoms with Crippen LogP contribution >= 0.6 is 11.6 Å². The number of fused-ring (bicyclic) bond motifs is 1. The van der Waals surface area contributed by atoms with Crippen molar-refractivity contribution in [3.05, 3.63) is 72.2 Å². The first kappa shape index (κ1) is 24.5. The predicted octanol–water partition coefficient (Wildman–Crippen LogP) is 4.52. The molecule has 0 radical (unpaired) electrons. The topological polar surface area (TPSA) is 110 Å². The quantitative estimate of drug-likeness (QED) is 0.336. The number of hydrogen-bond donors (Lipinski definition) is 1. The maximum Gasteiger partial charge on any atom is 0.246 e. The monoisotopic (exact) mass is 519 g/mol. The van der Waals surface area contributed by atoms with Gasteiger partial charge >= 0.3 is 0 Å². The van der Waals surface area contributed by atoms with E-state index in [1.165, 1.54) is 12.4 Å². The van der Waals surface area contributed by atoms with Gasteiger partial charge in [0.15, 0.2) is 17.5 Å². The molecule has 1 amide bonds. The highest BCUT2D eigenvalue weighted by Crippen LogP contribution is 2.31. The molecule has 1 aromatic carbocycles. The van der Waals surface area contributed by atoms with E-state index in [0.29, 0.717) is 52.4 Å². The van der Waals surface area contributed by atoms with Crippen LogP contribution in [0.15, 0.2) is 59.9 Å².